The molecule has 3 rings (SSSR count). The summed E-state index contributed by atoms with van der Waals surface area (Å²) < 4.78 is 42.5. The van der Waals surface area contributed by atoms with Crippen LogP contribution in [0.3, 0.4) is 0 Å². The summed E-state index contributed by atoms with van der Waals surface area (Å²) in [6.45, 7) is -0.389. The molecule has 2 aromatic rings. The van der Waals surface area contributed by atoms with Crippen LogP contribution in [0.4, 0.5) is 18.9 Å². The summed E-state index contributed by atoms with van der Waals surface area (Å²) in [5.74, 6) is -5.62. The van der Waals surface area contributed by atoms with Crippen molar-refractivity contribution in [2.24, 2.45) is 0 Å². The molecule has 31 heavy (non-hydrogen) atoms. The maximum atomic E-state index is 13.7. The second kappa shape index (κ2) is 7.93. The molecule has 1 aliphatic heterocycles. The van der Waals surface area contributed by atoms with Crippen LogP contribution in [-0.2, 0) is 16.1 Å². The zero-order valence-electron chi connectivity index (χ0n) is 15.3. The monoisotopic (exact) mass is 438 g/mol. The van der Waals surface area contributed by atoms with Crippen molar-refractivity contribution >= 4 is 17.6 Å². The molecule has 1 aromatic heterocycles. The number of nitrogens with zero attached hydrogens (tertiary/aromatic N) is 3. The number of hydrogen-bond acceptors (Lipinski definition) is 6. The van der Waals surface area contributed by atoms with Gasteiger partial charge in [0.15, 0.2) is 0 Å². The second-order valence-electron chi connectivity index (χ2n) is 6.43. The van der Waals surface area contributed by atoms with Crippen molar-refractivity contribution in [3.05, 3.63) is 81.2 Å². The molecule has 0 bridgehead atoms. The molecular weight excluding hydrogens is 425 g/mol. The largest absolute Gasteiger partial charge is 0.478 e. The number of rotatable bonds is 6. The lowest BCUT2D eigenvalue weighted by Crippen LogP contribution is -2.39. The molecule has 0 saturated carbocycles. The maximum Gasteiger partial charge on any atom is 0.431 e. The van der Waals surface area contributed by atoms with Crippen molar-refractivity contribution in [2.75, 3.05) is 0 Å². The number of benzene rings is 1. The number of hydrogen-bond donors (Lipinski definition) is 3. The van der Waals surface area contributed by atoms with Gasteiger partial charge >= 0.3 is 18.1 Å². The standard InChI is InChI=1S/C18H13F3N4O6/c19-18(20,21)15-14(17(28)29)12(9-2-1-3-10(6-9)25(30)31)13(16(26)27)11(23-15)7-24-5-4-22-8-24/h1-6,8,12,23H,7H2,(H,26,27)(H,28,29). The molecule has 1 unspecified atom stereocenters. The van der Waals surface area contributed by atoms with Crippen molar-refractivity contribution in [1.82, 2.24) is 14.9 Å². The van der Waals surface area contributed by atoms with Gasteiger partial charge in [-0.1, -0.05) is 12.1 Å². The average Bonchev–Trinajstić information content (AvgIpc) is 3.19. The van der Waals surface area contributed by atoms with Gasteiger partial charge in [0, 0.05) is 30.2 Å². The first kappa shape index (κ1) is 21.5. The highest BCUT2D eigenvalue weighted by molar-refractivity contribution is 5.98. The van der Waals surface area contributed by atoms with E-state index in [2.05, 4.69) is 4.98 Å². The topological polar surface area (TPSA) is 148 Å². The minimum absolute atomic E-state index is 0.282. The summed E-state index contributed by atoms with van der Waals surface area (Å²) in [6, 6.07) is 4.18. The van der Waals surface area contributed by atoms with Gasteiger partial charge in [-0.05, 0) is 5.56 Å². The number of alkyl halides is 3. The van der Waals surface area contributed by atoms with Crippen LogP contribution in [-0.4, -0.2) is 42.8 Å². The van der Waals surface area contributed by atoms with Crippen LogP contribution in [0.2, 0.25) is 0 Å². The number of nitrogens with one attached hydrogen (secondary N) is 1. The van der Waals surface area contributed by atoms with E-state index in [1.165, 1.54) is 23.3 Å². The first-order valence-electron chi connectivity index (χ1n) is 8.48. The molecule has 0 radical (unpaired) electrons. The zero-order valence-corrected chi connectivity index (χ0v) is 15.3. The Kier molecular flexibility index (Phi) is 5.51. The molecule has 0 fully saturated rings. The summed E-state index contributed by atoms with van der Waals surface area (Å²) in [7, 11) is 0. The minimum atomic E-state index is -5.17. The Hall–Kier alpha value is -4.16. The van der Waals surface area contributed by atoms with Crippen LogP contribution in [0, 0.1) is 10.1 Å². The van der Waals surface area contributed by atoms with Crippen molar-refractivity contribution < 1.29 is 37.9 Å². The average molecular weight is 438 g/mol. The van der Waals surface area contributed by atoms with E-state index in [0.29, 0.717) is 0 Å². The van der Waals surface area contributed by atoms with Gasteiger partial charge in [-0.25, -0.2) is 14.6 Å². The quantitative estimate of drug-likeness (QED) is 0.460. The lowest BCUT2D eigenvalue weighted by molar-refractivity contribution is -0.384. The Morgan fingerprint density at radius 2 is 1.90 bits per heavy atom. The summed E-state index contributed by atoms with van der Waals surface area (Å²) in [5.41, 5.74) is -4.86. The first-order valence-corrected chi connectivity index (χ1v) is 8.48. The molecule has 0 aliphatic carbocycles. The van der Waals surface area contributed by atoms with Gasteiger partial charge in [0.05, 0.1) is 34.9 Å². The van der Waals surface area contributed by atoms with Gasteiger partial charge < -0.3 is 20.1 Å². The van der Waals surface area contributed by atoms with Gasteiger partial charge in [-0.3, -0.25) is 10.1 Å². The molecule has 13 heteroatoms. The highest BCUT2D eigenvalue weighted by atomic mass is 19.4. The van der Waals surface area contributed by atoms with E-state index in [-0.39, 0.29) is 12.1 Å². The maximum absolute atomic E-state index is 13.7. The third-order valence-corrected chi connectivity index (χ3v) is 4.51. The second-order valence-corrected chi connectivity index (χ2v) is 6.43. The number of carboxylic acid groups (broad SMARTS) is 2. The van der Waals surface area contributed by atoms with Crippen molar-refractivity contribution in [1.29, 1.82) is 0 Å². The van der Waals surface area contributed by atoms with Gasteiger partial charge in [-0.15, -0.1) is 0 Å². The van der Waals surface area contributed by atoms with Gasteiger partial charge in [0.2, 0.25) is 0 Å². The zero-order chi connectivity index (χ0) is 22.9. The Bertz CT molecular complexity index is 1120. The highest BCUT2D eigenvalue weighted by Gasteiger charge is 2.47. The molecule has 162 valence electrons. The Morgan fingerprint density at radius 1 is 1.23 bits per heavy atom. The molecule has 10 nitrogen and oxygen atoms in total. The van der Waals surface area contributed by atoms with Crippen LogP contribution < -0.4 is 5.32 Å². The summed E-state index contributed by atoms with van der Waals surface area (Å²) in [6.07, 6.45) is -1.23. The van der Waals surface area contributed by atoms with Gasteiger partial charge in [0.25, 0.3) is 5.69 Å². The Morgan fingerprint density at radius 3 is 2.42 bits per heavy atom. The van der Waals surface area contributed by atoms with E-state index in [4.69, 9.17) is 0 Å². The number of nitro benzene ring substituents is 1. The van der Waals surface area contributed by atoms with Gasteiger partial charge in [-0.2, -0.15) is 13.2 Å². The molecule has 0 amide bonds. The number of dihydropyridines is 1. The number of allylic oxidation sites excluding steroid dienone is 2. The fourth-order valence-corrected chi connectivity index (χ4v) is 3.29. The van der Waals surface area contributed by atoms with Crippen LogP contribution in [0.1, 0.15) is 11.5 Å². The Balaban J connectivity index is 2.32. The smallest absolute Gasteiger partial charge is 0.431 e. The van der Waals surface area contributed by atoms with E-state index in [1.807, 2.05) is 5.32 Å². The Labute approximate surface area is 171 Å². The highest BCUT2D eigenvalue weighted by Crippen LogP contribution is 2.43. The normalized spacial score (nSPS) is 16.8. The third-order valence-electron chi connectivity index (χ3n) is 4.51. The number of aliphatic carboxylic acids is 2. The summed E-state index contributed by atoms with van der Waals surface area (Å²) in [5, 5.41) is 32.4. The van der Waals surface area contributed by atoms with Gasteiger partial charge in [0.1, 0.15) is 5.70 Å². The predicted molar refractivity (Wildman–Crippen MR) is 96.6 cm³/mol. The fraction of sp³-hybridized carbons (Fsp3) is 0.167. The van der Waals surface area contributed by atoms with Crippen molar-refractivity contribution in [3.8, 4) is 0 Å². The van der Waals surface area contributed by atoms with E-state index in [1.54, 1.807) is 0 Å². The van der Waals surface area contributed by atoms with Crippen molar-refractivity contribution in [2.45, 2.75) is 18.6 Å². The molecular formula is C18H13F3N4O6. The van der Waals surface area contributed by atoms with Crippen molar-refractivity contribution in [3.63, 3.8) is 0 Å². The summed E-state index contributed by atoms with van der Waals surface area (Å²) >= 11 is 0. The van der Waals surface area contributed by atoms with E-state index in [0.717, 1.165) is 24.3 Å². The minimum Gasteiger partial charge on any atom is -0.478 e. The van der Waals surface area contributed by atoms with E-state index < -0.39 is 57.2 Å². The van der Waals surface area contributed by atoms with Crippen LogP contribution in [0.25, 0.3) is 0 Å². The predicted octanol–water partition coefficient (Wildman–Crippen LogP) is 2.42. The third kappa shape index (κ3) is 4.24. The number of aromatic nitrogens is 2. The lowest BCUT2D eigenvalue weighted by Gasteiger charge is -2.31. The molecule has 1 aromatic carbocycles. The van der Waals surface area contributed by atoms with Crippen LogP contribution >= 0.6 is 0 Å². The summed E-state index contributed by atoms with van der Waals surface area (Å²) in [4.78, 5) is 37.9. The molecule has 2 heterocycles. The molecule has 1 atom stereocenters. The molecule has 1 aliphatic rings. The molecule has 0 spiro atoms. The van der Waals surface area contributed by atoms with Crippen LogP contribution in [0.5, 0.6) is 0 Å². The number of carboxylic acids is 2. The number of carbonyl (C=O) groups is 2. The number of nitro groups is 1. The lowest BCUT2D eigenvalue weighted by atomic mass is 9.79. The fourth-order valence-electron chi connectivity index (χ4n) is 3.29. The number of halogens is 3. The first-order chi connectivity index (χ1) is 14.5. The van der Waals surface area contributed by atoms with Crippen LogP contribution in [0.15, 0.2) is 65.5 Å². The SMILES string of the molecule is O=C(O)C1=C(Cn2ccnc2)NC(C(F)(F)F)=C(C(=O)O)C1c1cccc([N+](=O)[O-])c1. The molecule has 0 saturated heterocycles. The van der Waals surface area contributed by atoms with E-state index >= 15 is 0 Å². The number of non-ortho nitro benzene ring substituents is 1. The molecule has 3 N–H and O–H groups in total. The van der Waals surface area contributed by atoms with E-state index in [9.17, 15) is 43.1 Å². The number of imidazole rings is 1.